The van der Waals surface area contributed by atoms with Crippen LogP contribution in [0.3, 0.4) is 0 Å². The highest BCUT2D eigenvalue weighted by Crippen LogP contribution is 2.30. The predicted molar refractivity (Wildman–Crippen MR) is 114 cm³/mol. The molecule has 0 spiro atoms. The number of nitrogens with one attached hydrogen (secondary N) is 1. The Morgan fingerprint density at radius 3 is 2.43 bits per heavy atom. The van der Waals surface area contributed by atoms with E-state index in [0.29, 0.717) is 24.5 Å². The van der Waals surface area contributed by atoms with Gasteiger partial charge < -0.3 is 14.8 Å². The molecule has 8 heteroatoms. The maximum absolute atomic E-state index is 13.1. The number of sulfonamides is 1. The van der Waals surface area contributed by atoms with Crippen LogP contribution in [0, 0.1) is 0 Å². The number of ether oxygens (including phenoxy) is 2. The van der Waals surface area contributed by atoms with Crippen molar-refractivity contribution in [2.24, 2.45) is 0 Å². The van der Waals surface area contributed by atoms with Crippen molar-refractivity contribution in [2.75, 3.05) is 20.8 Å². The molecule has 1 aliphatic heterocycles. The Bertz CT molecular complexity index is 978. The molecule has 2 atom stereocenters. The molecule has 2 unspecified atom stereocenters. The third-order valence-corrected chi connectivity index (χ3v) is 7.29. The highest BCUT2D eigenvalue weighted by molar-refractivity contribution is 7.89. The fourth-order valence-corrected chi connectivity index (χ4v) is 5.38. The Hall–Kier alpha value is -2.58. The van der Waals surface area contributed by atoms with Gasteiger partial charge in [0.2, 0.25) is 15.9 Å². The third kappa shape index (κ3) is 4.60. The average Bonchev–Trinajstić information content (AvgIpc) is 2.79. The lowest BCUT2D eigenvalue weighted by atomic mass is 10.0. The average molecular weight is 433 g/mol. The Morgan fingerprint density at radius 1 is 1.07 bits per heavy atom. The first-order valence-corrected chi connectivity index (χ1v) is 11.4. The van der Waals surface area contributed by atoms with Crippen molar-refractivity contribution in [1.29, 1.82) is 0 Å². The Labute approximate surface area is 178 Å². The van der Waals surface area contributed by atoms with Crippen LogP contribution >= 0.6 is 0 Å². The highest BCUT2D eigenvalue weighted by Gasteiger charge is 2.37. The summed E-state index contributed by atoms with van der Waals surface area (Å²) in [7, 11) is -0.623. The molecule has 30 heavy (non-hydrogen) atoms. The van der Waals surface area contributed by atoms with Gasteiger partial charge in [-0.25, -0.2) is 8.42 Å². The van der Waals surface area contributed by atoms with Crippen LogP contribution in [-0.2, 0) is 14.8 Å². The molecule has 1 N–H and O–H groups in total. The number of hydrogen-bond acceptors (Lipinski definition) is 5. The van der Waals surface area contributed by atoms with E-state index < -0.39 is 16.1 Å². The first-order valence-electron chi connectivity index (χ1n) is 9.97. The van der Waals surface area contributed by atoms with Crippen LogP contribution in [-0.4, -0.2) is 45.4 Å². The van der Waals surface area contributed by atoms with Gasteiger partial charge in [0.1, 0.15) is 6.04 Å². The van der Waals surface area contributed by atoms with Gasteiger partial charge in [0.25, 0.3) is 0 Å². The van der Waals surface area contributed by atoms with Gasteiger partial charge in [-0.05, 0) is 49.6 Å². The van der Waals surface area contributed by atoms with Crippen molar-refractivity contribution in [3.63, 3.8) is 0 Å². The molecule has 162 valence electrons. The number of carbonyl (C=O) groups is 1. The number of rotatable bonds is 7. The normalized spacial score (nSPS) is 18.4. The molecule has 1 heterocycles. The lowest BCUT2D eigenvalue weighted by molar-refractivity contribution is -0.126. The minimum Gasteiger partial charge on any atom is -0.493 e. The van der Waals surface area contributed by atoms with E-state index >= 15 is 0 Å². The van der Waals surface area contributed by atoms with Crippen LogP contribution in [0.4, 0.5) is 0 Å². The van der Waals surface area contributed by atoms with Gasteiger partial charge in [0, 0.05) is 6.54 Å². The van der Waals surface area contributed by atoms with E-state index in [1.54, 1.807) is 50.6 Å². The van der Waals surface area contributed by atoms with E-state index in [4.69, 9.17) is 9.47 Å². The van der Waals surface area contributed by atoms with E-state index in [2.05, 4.69) is 5.32 Å². The highest BCUT2D eigenvalue weighted by atomic mass is 32.2. The second kappa shape index (κ2) is 9.49. The summed E-state index contributed by atoms with van der Waals surface area (Å²) in [5.74, 6) is 0.880. The molecule has 0 radical (unpaired) electrons. The summed E-state index contributed by atoms with van der Waals surface area (Å²) in [6.07, 6.45) is 2.04. The van der Waals surface area contributed by atoms with E-state index in [9.17, 15) is 13.2 Å². The summed E-state index contributed by atoms with van der Waals surface area (Å²) in [6.45, 7) is 2.19. The Morgan fingerprint density at radius 2 is 1.77 bits per heavy atom. The number of nitrogens with zero attached hydrogens (tertiary/aromatic N) is 1. The molecule has 3 rings (SSSR count). The van der Waals surface area contributed by atoms with Gasteiger partial charge in [0.15, 0.2) is 11.5 Å². The zero-order valence-corrected chi connectivity index (χ0v) is 18.3. The molecule has 7 nitrogen and oxygen atoms in total. The largest absolute Gasteiger partial charge is 0.493 e. The van der Waals surface area contributed by atoms with E-state index in [1.165, 1.54) is 4.31 Å². The zero-order chi connectivity index (χ0) is 21.7. The second-order valence-corrected chi connectivity index (χ2v) is 9.18. The molecule has 2 aromatic carbocycles. The summed E-state index contributed by atoms with van der Waals surface area (Å²) in [4.78, 5) is 13.3. The smallest absolute Gasteiger partial charge is 0.243 e. The number of piperidine rings is 1. The molecule has 0 saturated carbocycles. The summed E-state index contributed by atoms with van der Waals surface area (Å²) < 4.78 is 38.2. The lowest BCUT2D eigenvalue weighted by Crippen LogP contribution is -2.52. The van der Waals surface area contributed by atoms with Crippen molar-refractivity contribution in [2.45, 2.75) is 43.2 Å². The number of benzene rings is 2. The van der Waals surface area contributed by atoms with Gasteiger partial charge in [-0.3, -0.25) is 4.79 Å². The summed E-state index contributed by atoms with van der Waals surface area (Å²) in [5.41, 5.74) is 0.842. The van der Waals surface area contributed by atoms with E-state index in [1.807, 2.05) is 19.1 Å². The maximum atomic E-state index is 13.1. The SMILES string of the molecule is COc1ccc(C(C)NC(=O)C2CCCCN2S(=O)(=O)c2ccccc2)cc1OC. The van der Waals surface area contributed by atoms with Crippen LogP contribution in [0.15, 0.2) is 53.4 Å². The predicted octanol–water partition coefficient (Wildman–Crippen LogP) is 3.12. The number of methoxy groups -OCH3 is 2. The molecule has 1 fully saturated rings. The van der Waals surface area contributed by atoms with Crippen LogP contribution in [0.5, 0.6) is 11.5 Å². The topological polar surface area (TPSA) is 84.9 Å². The van der Waals surface area contributed by atoms with Crippen LogP contribution in [0.2, 0.25) is 0 Å². The number of carbonyl (C=O) groups excluding carboxylic acids is 1. The molecule has 0 aromatic heterocycles. The Balaban J connectivity index is 1.79. The zero-order valence-electron chi connectivity index (χ0n) is 17.5. The third-order valence-electron chi connectivity index (χ3n) is 5.37. The second-order valence-electron chi connectivity index (χ2n) is 7.29. The first-order chi connectivity index (χ1) is 14.4. The monoisotopic (exact) mass is 432 g/mol. The minimum atomic E-state index is -3.74. The summed E-state index contributed by atoms with van der Waals surface area (Å²) in [6, 6.07) is 12.7. The fourth-order valence-electron chi connectivity index (χ4n) is 3.70. The summed E-state index contributed by atoms with van der Waals surface area (Å²) >= 11 is 0. The maximum Gasteiger partial charge on any atom is 0.243 e. The van der Waals surface area contributed by atoms with E-state index in [-0.39, 0.29) is 16.8 Å². The molecule has 0 aliphatic carbocycles. The van der Waals surface area contributed by atoms with Crippen molar-refractivity contribution in [3.05, 3.63) is 54.1 Å². The molecule has 1 saturated heterocycles. The van der Waals surface area contributed by atoms with Gasteiger partial charge in [0.05, 0.1) is 25.2 Å². The molecular weight excluding hydrogens is 404 g/mol. The lowest BCUT2D eigenvalue weighted by Gasteiger charge is -2.34. The molecule has 0 bridgehead atoms. The van der Waals surface area contributed by atoms with Crippen molar-refractivity contribution in [3.8, 4) is 11.5 Å². The van der Waals surface area contributed by atoms with Crippen LogP contribution in [0.1, 0.15) is 37.8 Å². The van der Waals surface area contributed by atoms with E-state index in [0.717, 1.165) is 18.4 Å². The summed E-state index contributed by atoms with van der Waals surface area (Å²) in [5, 5.41) is 2.97. The standard InChI is InChI=1S/C22H28N2O5S/c1-16(17-12-13-20(28-2)21(15-17)29-3)23-22(25)19-11-7-8-14-24(19)30(26,27)18-9-5-4-6-10-18/h4-6,9-10,12-13,15-16,19H,7-8,11,14H2,1-3H3,(H,23,25). The number of amides is 1. The van der Waals surface area contributed by atoms with Gasteiger partial charge in [-0.2, -0.15) is 4.31 Å². The minimum absolute atomic E-state index is 0.206. The van der Waals surface area contributed by atoms with Crippen LogP contribution < -0.4 is 14.8 Å². The molecule has 1 amide bonds. The molecular formula is C22H28N2O5S. The number of hydrogen-bond donors (Lipinski definition) is 1. The van der Waals surface area contributed by atoms with Gasteiger partial charge in [-0.15, -0.1) is 0 Å². The van der Waals surface area contributed by atoms with Crippen molar-refractivity contribution >= 4 is 15.9 Å². The van der Waals surface area contributed by atoms with Gasteiger partial charge in [-0.1, -0.05) is 30.7 Å². The first kappa shape index (κ1) is 22.1. The quantitative estimate of drug-likeness (QED) is 0.727. The van der Waals surface area contributed by atoms with Gasteiger partial charge >= 0.3 is 0 Å². The Kier molecular flexibility index (Phi) is 6.99. The van der Waals surface area contributed by atoms with Crippen molar-refractivity contribution in [1.82, 2.24) is 9.62 Å². The fraction of sp³-hybridized carbons (Fsp3) is 0.409. The van der Waals surface area contributed by atoms with Crippen molar-refractivity contribution < 1.29 is 22.7 Å². The molecule has 1 aliphatic rings. The molecule has 2 aromatic rings. The van der Waals surface area contributed by atoms with Crippen LogP contribution in [0.25, 0.3) is 0 Å².